The van der Waals surface area contributed by atoms with Gasteiger partial charge >= 0.3 is 0 Å². The minimum atomic E-state index is 0.262. The highest BCUT2D eigenvalue weighted by Crippen LogP contribution is 2.35. The van der Waals surface area contributed by atoms with E-state index in [2.05, 4.69) is 24.4 Å². The molecule has 1 saturated carbocycles. The summed E-state index contributed by atoms with van der Waals surface area (Å²) in [5, 5.41) is 3.37. The fourth-order valence-electron chi connectivity index (χ4n) is 3.70. The van der Waals surface area contributed by atoms with E-state index in [-0.39, 0.29) is 5.92 Å². The number of hydrogen-bond donors (Lipinski definition) is 1. The second kappa shape index (κ2) is 5.36. The maximum Gasteiger partial charge on any atom is 0.166 e. The third-order valence-electron chi connectivity index (χ3n) is 4.87. The van der Waals surface area contributed by atoms with E-state index in [4.69, 9.17) is 0 Å². The van der Waals surface area contributed by atoms with E-state index in [1.54, 1.807) is 0 Å². The molecule has 0 bridgehead atoms. The van der Waals surface area contributed by atoms with Crippen LogP contribution in [0, 0.1) is 11.8 Å². The zero-order valence-electron chi connectivity index (χ0n) is 11.7. The number of fused-ring (bicyclic) bond motifs is 1. The van der Waals surface area contributed by atoms with E-state index in [1.165, 1.54) is 30.5 Å². The van der Waals surface area contributed by atoms with Crippen molar-refractivity contribution < 1.29 is 4.79 Å². The lowest BCUT2D eigenvalue weighted by molar-refractivity contribution is 0.0820. The minimum Gasteiger partial charge on any atom is -0.384 e. The van der Waals surface area contributed by atoms with E-state index in [1.807, 2.05) is 6.07 Å². The topological polar surface area (TPSA) is 29.1 Å². The lowest BCUT2D eigenvalue weighted by Crippen LogP contribution is -2.27. The van der Waals surface area contributed by atoms with Crippen LogP contribution in [0.1, 0.15) is 54.9 Å². The van der Waals surface area contributed by atoms with Crippen molar-refractivity contribution in [1.29, 1.82) is 0 Å². The molecule has 0 aromatic heterocycles. The van der Waals surface area contributed by atoms with E-state index in [0.29, 0.717) is 11.7 Å². The summed E-state index contributed by atoms with van der Waals surface area (Å²) in [6.45, 7) is 3.23. The molecule has 1 aliphatic heterocycles. The molecule has 2 heteroatoms. The first-order valence-electron chi connectivity index (χ1n) is 7.70. The van der Waals surface area contributed by atoms with Crippen LogP contribution in [-0.2, 0) is 6.42 Å². The van der Waals surface area contributed by atoms with Gasteiger partial charge in [-0.25, -0.2) is 0 Å². The number of Topliss-reactive ketones (excluding diaryl/α,β-unsaturated/α-hetero) is 1. The maximum atomic E-state index is 12.7. The lowest BCUT2D eigenvalue weighted by Gasteiger charge is -2.29. The quantitative estimate of drug-likeness (QED) is 0.828. The molecule has 1 fully saturated rings. The SMILES string of the molecule is CCC1CCCCC1C(=O)c1ccc2c(c1)NCC2. The molecule has 2 nitrogen and oxygen atoms in total. The molecule has 1 aliphatic carbocycles. The third-order valence-corrected chi connectivity index (χ3v) is 4.87. The van der Waals surface area contributed by atoms with Crippen molar-refractivity contribution in [3.05, 3.63) is 29.3 Å². The first-order chi connectivity index (χ1) is 9.29. The normalized spacial score (nSPS) is 25.7. The van der Waals surface area contributed by atoms with Crippen LogP contribution in [0.2, 0.25) is 0 Å². The Labute approximate surface area is 115 Å². The van der Waals surface area contributed by atoms with Gasteiger partial charge in [0.05, 0.1) is 0 Å². The monoisotopic (exact) mass is 257 g/mol. The Balaban J connectivity index is 1.82. The van der Waals surface area contributed by atoms with Crippen LogP contribution < -0.4 is 5.32 Å². The largest absolute Gasteiger partial charge is 0.384 e. The van der Waals surface area contributed by atoms with Crippen molar-refractivity contribution in [2.45, 2.75) is 45.4 Å². The highest BCUT2D eigenvalue weighted by Gasteiger charge is 2.30. The summed E-state index contributed by atoms with van der Waals surface area (Å²) in [4.78, 5) is 12.7. The van der Waals surface area contributed by atoms with Crippen LogP contribution in [0.5, 0.6) is 0 Å². The van der Waals surface area contributed by atoms with Crippen LogP contribution in [0.25, 0.3) is 0 Å². The van der Waals surface area contributed by atoms with Gasteiger partial charge in [0.15, 0.2) is 5.78 Å². The van der Waals surface area contributed by atoms with Crippen molar-refractivity contribution in [2.75, 3.05) is 11.9 Å². The van der Waals surface area contributed by atoms with Crippen molar-refractivity contribution in [3.63, 3.8) is 0 Å². The van der Waals surface area contributed by atoms with Gasteiger partial charge in [0.25, 0.3) is 0 Å². The fraction of sp³-hybridized carbons (Fsp3) is 0.588. The molecule has 2 aliphatic rings. The molecule has 1 aromatic rings. The van der Waals surface area contributed by atoms with Crippen LogP contribution in [-0.4, -0.2) is 12.3 Å². The molecule has 3 rings (SSSR count). The second-order valence-corrected chi connectivity index (χ2v) is 5.97. The van der Waals surface area contributed by atoms with Gasteiger partial charge in [-0.1, -0.05) is 38.3 Å². The van der Waals surface area contributed by atoms with E-state index in [0.717, 1.165) is 31.4 Å². The molecular formula is C17H23NO. The number of hydrogen-bond acceptors (Lipinski definition) is 2. The Kier molecular flexibility index (Phi) is 3.58. The maximum absolute atomic E-state index is 12.7. The van der Waals surface area contributed by atoms with Crippen molar-refractivity contribution in [2.24, 2.45) is 11.8 Å². The Bertz CT molecular complexity index is 480. The molecule has 0 spiro atoms. The Morgan fingerprint density at radius 2 is 2.16 bits per heavy atom. The first-order valence-corrected chi connectivity index (χ1v) is 7.70. The van der Waals surface area contributed by atoms with E-state index in [9.17, 15) is 4.79 Å². The van der Waals surface area contributed by atoms with Gasteiger partial charge in [-0.05, 0) is 36.8 Å². The zero-order valence-corrected chi connectivity index (χ0v) is 11.7. The zero-order chi connectivity index (χ0) is 13.2. The molecule has 0 saturated heterocycles. The van der Waals surface area contributed by atoms with Crippen LogP contribution in [0.15, 0.2) is 18.2 Å². The standard InChI is InChI=1S/C17H23NO/c1-2-12-5-3-4-6-15(12)17(19)14-8-7-13-9-10-18-16(13)11-14/h7-8,11-12,15,18H,2-6,9-10H2,1H3. The van der Waals surface area contributed by atoms with Crippen molar-refractivity contribution in [1.82, 2.24) is 0 Å². The molecule has 1 heterocycles. The fourth-order valence-corrected chi connectivity index (χ4v) is 3.70. The molecular weight excluding hydrogens is 234 g/mol. The summed E-state index contributed by atoms with van der Waals surface area (Å²) in [6, 6.07) is 6.24. The van der Waals surface area contributed by atoms with Crippen molar-refractivity contribution >= 4 is 11.5 Å². The van der Waals surface area contributed by atoms with Gasteiger partial charge in [0, 0.05) is 23.7 Å². The Morgan fingerprint density at radius 3 is 3.00 bits per heavy atom. The third kappa shape index (κ3) is 2.41. The van der Waals surface area contributed by atoms with Crippen molar-refractivity contribution in [3.8, 4) is 0 Å². The summed E-state index contributed by atoms with van der Waals surface area (Å²) in [6.07, 6.45) is 7.06. The molecule has 2 atom stereocenters. The van der Waals surface area contributed by atoms with Crippen LogP contribution in [0.3, 0.4) is 0 Å². The van der Waals surface area contributed by atoms with Gasteiger partial charge in [0.1, 0.15) is 0 Å². The number of carbonyl (C=O) groups excluding carboxylic acids is 1. The molecule has 0 radical (unpaired) electrons. The Morgan fingerprint density at radius 1 is 1.32 bits per heavy atom. The number of nitrogens with one attached hydrogen (secondary N) is 1. The van der Waals surface area contributed by atoms with Crippen LogP contribution in [0.4, 0.5) is 5.69 Å². The van der Waals surface area contributed by atoms with Gasteiger partial charge < -0.3 is 5.32 Å². The predicted molar refractivity (Wildman–Crippen MR) is 78.7 cm³/mol. The van der Waals surface area contributed by atoms with Crippen LogP contribution >= 0.6 is 0 Å². The molecule has 19 heavy (non-hydrogen) atoms. The summed E-state index contributed by atoms with van der Waals surface area (Å²) in [5.41, 5.74) is 3.44. The van der Waals surface area contributed by atoms with Gasteiger partial charge in [-0.2, -0.15) is 0 Å². The summed E-state index contributed by atoms with van der Waals surface area (Å²) < 4.78 is 0. The highest BCUT2D eigenvalue weighted by molar-refractivity contribution is 5.99. The molecule has 0 amide bonds. The number of benzene rings is 1. The summed E-state index contributed by atoms with van der Waals surface area (Å²) >= 11 is 0. The molecule has 102 valence electrons. The van der Waals surface area contributed by atoms with E-state index >= 15 is 0 Å². The van der Waals surface area contributed by atoms with Gasteiger partial charge in [-0.15, -0.1) is 0 Å². The molecule has 1 aromatic carbocycles. The minimum absolute atomic E-state index is 0.262. The number of carbonyl (C=O) groups is 1. The smallest absolute Gasteiger partial charge is 0.166 e. The second-order valence-electron chi connectivity index (χ2n) is 5.97. The average Bonchev–Trinajstić information content (AvgIpc) is 2.93. The number of rotatable bonds is 3. The van der Waals surface area contributed by atoms with E-state index < -0.39 is 0 Å². The Hall–Kier alpha value is -1.31. The predicted octanol–water partition coefficient (Wildman–Crippen LogP) is 4.05. The van der Waals surface area contributed by atoms with Gasteiger partial charge in [-0.3, -0.25) is 4.79 Å². The number of anilines is 1. The lowest BCUT2D eigenvalue weighted by atomic mass is 9.74. The van der Waals surface area contributed by atoms with Gasteiger partial charge in [0.2, 0.25) is 0 Å². The number of ketones is 1. The molecule has 2 unspecified atom stereocenters. The molecule has 1 N–H and O–H groups in total. The summed E-state index contributed by atoms with van der Waals surface area (Å²) in [5.74, 6) is 1.24. The average molecular weight is 257 g/mol. The highest BCUT2D eigenvalue weighted by atomic mass is 16.1. The first kappa shape index (κ1) is 12.7. The summed E-state index contributed by atoms with van der Waals surface area (Å²) in [7, 11) is 0.